The lowest BCUT2D eigenvalue weighted by Gasteiger charge is -2.22. The van der Waals surface area contributed by atoms with Gasteiger partial charge in [-0.1, -0.05) is 47.5 Å². The van der Waals surface area contributed by atoms with E-state index in [1.807, 2.05) is 0 Å². The van der Waals surface area contributed by atoms with Gasteiger partial charge in [0.15, 0.2) is 0 Å². The zero-order valence-corrected chi connectivity index (χ0v) is 17.9. The monoisotopic (exact) mass is 454 g/mol. The number of methoxy groups -OCH3 is 1. The average molecular weight is 455 g/mol. The van der Waals surface area contributed by atoms with Crippen molar-refractivity contribution < 1.29 is 23.5 Å². The van der Waals surface area contributed by atoms with E-state index in [0.29, 0.717) is 15.6 Å². The number of carbonyl (C=O) groups excluding carboxylic acids is 3. The Hall–Kier alpha value is -2.64. The summed E-state index contributed by atoms with van der Waals surface area (Å²) < 4.78 is 18.8. The fourth-order valence-corrected chi connectivity index (χ4v) is 3.34. The summed E-state index contributed by atoms with van der Waals surface area (Å²) in [6.45, 7) is 1.24. The number of rotatable bonds is 8. The van der Waals surface area contributed by atoms with Crippen LogP contribution in [0.5, 0.6) is 0 Å². The van der Waals surface area contributed by atoms with Crippen molar-refractivity contribution in [3.63, 3.8) is 0 Å². The number of halogens is 3. The second kappa shape index (κ2) is 10.9. The van der Waals surface area contributed by atoms with Gasteiger partial charge in [0.25, 0.3) is 0 Å². The van der Waals surface area contributed by atoms with E-state index in [-0.39, 0.29) is 18.4 Å². The Morgan fingerprint density at radius 3 is 2.27 bits per heavy atom. The Morgan fingerprint density at radius 1 is 1.00 bits per heavy atom. The lowest BCUT2D eigenvalue weighted by Crippen LogP contribution is -2.53. The van der Waals surface area contributed by atoms with Gasteiger partial charge in [-0.2, -0.15) is 0 Å². The maximum Gasteiger partial charge on any atom is 0.328 e. The summed E-state index contributed by atoms with van der Waals surface area (Å²) in [5, 5.41) is 5.81. The predicted octanol–water partition coefficient (Wildman–Crippen LogP) is 3.08. The van der Waals surface area contributed by atoms with Crippen LogP contribution in [0.15, 0.2) is 42.5 Å². The first kappa shape index (κ1) is 23.6. The van der Waals surface area contributed by atoms with Crippen molar-refractivity contribution in [1.29, 1.82) is 0 Å². The maximum atomic E-state index is 14.0. The van der Waals surface area contributed by atoms with Crippen LogP contribution in [0.25, 0.3) is 0 Å². The van der Waals surface area contributed by atoms with Crippen LogP contribution in [0.4, 0.5) is 4.39 Å². The highest BCUT2D eigenvalue weighted by Crippen LogP contribution is 2.22. The van der Waals surface area contributed by atoms with E-state index in [1.54, 1.807) is 18.2 Å². The molecule has 0 heterocycles. The van der Waals surface area contributed by atoms with E-state index in [0.717, 1.165) is 0 Å². The third kappa shape index (κ3) is 6.71. The summed E-state index contributed by atoms with van der Waals surface area (Å²) in [4.78, 5) is 36.6. The lowest BCUT2D eigenvalue weighted by molar-refractivity contribution is -0.145. The Morgan fingerprint density at radius 2 is 1.67 bits per heavy atom. The molecule has 0 spiro atoms. The van der Waals surface area contributed by atoms with E-state index < -0.39 is 35.7 Å². The van der Waals surface area contributed by atoms with E-state index in [4.69, 9.17) is 27.9 Å². The van der Waals surface area contributed by atoms with Crippen LogP contribution >= 0.6 is 23.2 Å². The number of esters is 1. The molecule has 2 atom stereocenters. The first-order chi connectivity index (χ1) is 14.2. The molecule has 2 aromatic carbocycles. The average Bonchev–Trinajstić information content (AvgIpc) is 2.69. The highest BCUT2D eigenvalue weighted by atomic mass is 35.5. The summed E-state index contributed by atoms with van der Waals surface area (Å²) in [6.07, 6.45) is -0.0470. The normalized spacial score (nSPS) is 12.6. The van der Waals surface area contributed by atoms with Gasteiger partial charge in [-0.15, -0.1) is 0 Å². The standard InChI is InChI=1S/C21H21Cl2FN2O4/c1-12(27)25-18(10-14-5-3-4-6-17(14)24)20(28)26-19(21(29)30-2)9-13-7-8-15(22)11-16(13)23/h3-8,11,18-19H,9-10H2,1-2H3,(H,25,27)(H,26,28)/t18-,19-/m1/s1. The molecule has 0 aliphatic heterocycles. The third-order valence-electron chi connectivity index (χ3n) is 4.32. The number of benzene rings is 2. The Labute approximate surface area is 183 Å². The van der Waals surface area contributed by atoms with Crippen molar-refractivity contribution in [2.75, 3.05) is 7.11 Å². The van der Waals surface area contributed by atoms with Gasteiger partial charge in [-0.3, -0.25) is 9.59 Å². The molecular formula is C21H21Cl2FN2O4. The van der Waals surface area contributed by atoms with Crippen molar-refractivity contribution in [2.45, 2.75) is 31.8 Å². The van der Waals surface area contributed by atoms with Gasteiger partial charge in [0.05, 0.1) is 7.11 Å². The van der Waals surface area contributed by atoms with Crippen molar-refractivity contribution in [3.8, 4) is 0 Å². The van der Waals surface area contributed by atoms with Crippen molar-refractivity contribution in [1.82, 2.24) is 10.6 Å². The molecule has 2 rings (SSSR count). The molecule has 0 aliphatic rings. The van der Waals surface area contributed by atoms with Crippen LogP contribution in [0, 0.1) is 5.82 Å². The molecule has 0 bridgehead atoms. The van der Waals surface area contributed by atoms with E-state index >= 15 is 0 Å². The van der Waals surface area contributed by atoms with Gasteiger partial charge in [0.2, 0.25) is 11.8 Å². The lowest BCUT2D eigenvalue weighted by atomic mass is 10.0. The van der Waals surface area contributed by atoms with Crippen LogP contribution in [0.1, 0.15) is 18.1 Å². The SMILES string of the molecule is COC(=O)[C@@H](Cc1ccc(Cl)cc1Cl)NC(=O)[C@@H](Cc1ccccc1F)NC(C)=O. The number of amides is 2. The van der Waals surface area contributed by atoms with Crippen molar-refractivity contribution >= 4 is 41.0 Å². The summed E-state index contributed by atoms with van der Waals surface area (Å²) in [7, 11) is 1.19. The van der Waals surface area contributed by atoms with E-state index in [2.05, 4.69) is 10.6 Å². The molecule has 2 N–H and O–H groups in total. The summed E-state index contributed by atoms with van der Waals surface area (Å²) in [5.41, 5.74) is 0.823. The number of carbonyl (C=O) groups is 3. The molecule has 0 unspecified atom stereocenters. The van der Waals surface area contributed by atoms with Crippen LogP contribution in [0.3, 0.4) is 0 Å². The van der Waals surface area contributed by atoms with Crippen LogP contribution in [-0.4, -0.2) is 37.0 Å². The number of hydrogen-bond acceptors (Lipinski definition) is 4. The zero-order chi connectivity index (χ0) is 22.3. The smallest absolute Gasteiger partial charge is 0.328 e. The topological polar surface area (TPSA) is 84.5 Å². The maximum absolute atomic E-state index is 14.0. The molecule has 6 nitrogen and oxygen atoms in total. The Bertz CT molecular complexity index is 939. The van der Waals surface area contributed by atoms with Gasteiger partial charge in [0, 0.05) is 29.8 Å². The van der Waals surface area contributed by atoms with Crippen LogP contribution < -0.4 is 10.6 Å². The zero-order valence-electron chi connectivity index (χ0n) is 16.4. The molecule has 0 radical (unpaired) electrons. The van der Waals surface area contributed by atoms with Gasteiger partial charge in [-0.25, -0.2) is 9.18 Å². The minimum absolute atomic E-state index is 0.0426. The third-order valence-corrected chi connectivity index (χ3v) is 4.90. The second-order valence-electron chi connectivity index (χ2n) is 6.57. The fourth-order valence-electron chi connectivity index (χ4n) is 2.85. The first-order valence-electron chi connectivity index (χ1n) is 9.04. The summed E-state index contributed by atoms with van der Waals surface area (Å²) in [6, 6.07) is 8.53. The van der Waals surface area contributed by atoms with Crippen LogP contribution in [-0.2, 0) is 32.0 Å². The molecule has 0 saturated carbocycles. The number of ether oxygens (including phenoxy) is 1. The molecule has 30 heavy (non-hydrogen) atoms. The number of hydrogen-bond donors (Lipinski definition) is 2. The molecule has 0 aromatic heterocycles. The minimum Gasteiger partial charge on any atom is -0.467 e. The summed E-state index contributed by atoms with van der Waals surface area (Å²) >= 11 is 12.1. The van der Waals surface area contributed by atoms with Gasteiger partial charge in [0.1, 0.15) is 17.9 Å². The fraction of sp³-hybridized carbons (Fsp3) is 0.286. The molecule has 2 amide bonds. The molecule has 0 aliphatic carbocycles. The Kier molecular flexibility index (Phi) is 8.62. The van der Waals surface area contributed by atoms with E-state index in [9.17, 15) is 18.8 Å². The van der Waals surface area contributed by atoms with Gasteiger partial charge < -0.3 is 15.4 Å². The largest absolute Gasteiger partial charge is 0.467 e. The van der Waals surface area contributed by atoms with Gasteiger partial charge in [-0.05, 0) is 29.3 Å². The minimum atomic E-state index is -1.09. The van der Waals surface area contributed by atoms with Crippen molar-refractivity contribution in [3.05, 3.63) is 69.5 Å². The van der Waals surface area contributed by atoms with Gasteiger partial charge >= 0.3 is 5.97 Å². The molecule has 9 heteroatoms. The van der Waals surface area contributed by atoms with Crippen LogP contribution in [0.2, 0.25) is 10.0 Å². The molecule has 160 valence electrons. The predicted molar refractivity (Wildman–Crippen MR) is 112 cm³/mol. The molecule has 0 saturated heterocycles. The highest BCUT2D eigenvalue weighted by Gasteiger charge is 2.28. The molecule has 2 aromatic rings. The summed E-state index contributed by atoms with van der Waals surface area (Å²) in [5.74, 6) is -2.32. The van der Waals surface area contributed by atoms with Crippen molar-refractivity contribution in [2.24, 2.45) is 0 Å². The second-order valence-corrected chi connectivity index (χ2v) is 7.42. The highest BCUT2D eigenvalue weighted by molar-refractivity contribution is 6.35. The van der Waals surface area contributed by atoms with E-state index in [1.165, 1.54) is 38.3 Å². The molecule has 0 fully saturated rings. The number of nitrogens with one attached hydrogen (secondary N) is 2. The quantitative estimate of drug-likeness (QED) is 0.600. The molecular weight excluding hydrogens is 434 g/mol. The Balaban J connectivity index is 2.22. The first-order valence-corrected chi connectivity index (χ1v) is 9.79.